The van der Waals surface area contributed by atoms with Crippen LogP contribution in [0.3, 0.4) is 0 Å². The Morgan fingerprint density at radius 3 is 2.37 bits per heavy atom. The van der Waals surface area contributed by atoms with E-state index in [0.717, 1.165) is 29.8 Å². The van der Waals surface area contributed by atoms with E-state index in [1.54, 1.807) is 22.9 Å². The minimum absolute atomic E-state index is 0.0662. The zero-order valence-corrected chi connectivity index (χ0v) is 21.0. The van der Waals surface area contributed by atoms with Crippen LogP contribution >= 0.6 is 0 Å². The van der Waals surface area contributed by atoms with Crippen LogP contribution in [-0.2, 0) is 11.3 Å². The fourth-order valence-corrected chi connectivity index (χ4v) is 4.16. The smallest absolute Gasteiger partial charge is 0.227 e. The monoisotopic (exact) mass is 481 g/mol. The Morgan fingerprint density at radius 2 is 1.74 bits per heavy atom. The maximum Gasteiger partial charge on any atom is 0.227 e. The highest BCUT2D eigenvalue weighted by Gasteiger charge is 2.33. The van der Waals surface area contributed by atoms with Crippen LogP contribution in [0, 0.1) is 5.82 Å². The lowest BCUT2D eigenvalue weighted by Gasteiger charge is -2.26. The van der Waals surface area contributed by atoms with Crippen molar-refractivity contribution in [1.29, 1.82) is 0 Å². The average Bonchev–Trinajstić information content (AvgIpc) is 3.62. The summed E-state index contributed by atoms with van der Waals surface area (Å²) in [5, 5.41) is 15.6. The van der Waals surface area contributed by atoms with Gasteiger partial charge in [-0.3, -0.25) is 4.90 Å². The summed E-state index contributed by atoms with van der Waals surface area (Å²) in [5.74, 6) is 0.367. The fourth-order valence-electron chi connectivity index (χ4n) is 4.16. The van der Waals surface area contributed by atoms with Gasteiger partial charge in [0.2, 0.25) is 5.88 Å². The van der Waals surface area contributed by atoms with Crippen molar-refractivity contribution in [2.75, 3.05) is 13.2 Å². The third-order valence-corrected chi connectivity index (χ3v) is 6.05. The first-order valence-corrected chi connectivity index (χ1v) is 12.5. The molecule has 1 saturated carbocycles. The Morgan fingerprint density at radius 1 is 1.06 bits per heavy atom. The highest BCUT2D eigenvalue weighted by molar-refractivity contribution is 5.44. The summed E-state index contributed by atoms with van der Waals surface area (Å²) in [7, 11) is 0. The average molecular weight is 482 g/mol. The van der Waals surface area contributed by atoms with E-state index in [4.69, 9.17) is 14.6 Å². The molecule has 0 bridgehead atoms. The van der Waals surface area contributed by atoms with Gasteiger partial charge in [0, 0.05) is 19.1 Å². The van der Waals surface area contributed by atoms with Crippen LogP contribution in [0.5, 0.6) is 11.6 Å². The lowest BCUT2D eigenvalue weighted by molar-refractivity contribution is -0.0108. The van der Waals surface area contributed by atoms with Gasteiger partial charge >= 0.3 is 0 Å². The second-order valence-electron chi connectivity index (χ2n) is 9.80. The number of hydrogen-bond donors (Lipinski definition) is 1. The van der Waals surface area contributed by atoms with Crippen LogP contribution in [0.25, 0.3) is 5.69 Å². The molecule has 2 aromatic carbocycles. The van der Waals surface area contributed by atoms with E-state index in [1.807, 2.05) is 44.2 Å². The van der Waals surface area contributed by atoms with E-state index < -0.39 is 11.9 Å². The summed E-state index contributed by atoms with van der Waals surface area (Å²) < 4.78 is 28.3. The Labute approximate surface area is 207 Å². The van der Waals surface area contributed by atoms with Gasteiger partial charge in [-0.05, 0) is 56.9 Å². The number of ether oxygens (including phenoxy) is 2. The van der Waals surface area contributed by atoms with Crippen LogP contribution in [0.15, 0.2) is 54.6 Å². The summed E-state index contributed by atoms with van der Waals surface area (Å²) in [6, 6.07) is 16.6. The molecule has 1 N–H and O–H groups in total. The summed E-state index contributed by atoms with van der Waals surface area (Å²) in [5.41, 5.74) is 2.66. The molecule has 0 unspecified atom stereocenters. The van der Waals surface area contributed by atoms with Gasteiger partial charge < -0.3 is 14.6 Å². The highest BCUT2D eigenvalue weighted by atomic mass is 19.1. The molecule has 188 valence electrons. The Kier molecular flexibility index (Phi) is 8.21. The Balaban J connectivity index is 1.72. The molecular weight excluding hydrogens is 445 g/mol. The first kappa shape index (κ1) is 25.4. The van der Waals surface area contributed by atoms with E-state index in [1.165, 1.54) is 6.07 Å². The number of benzene rings is 2. The van der Waals surface area contributed by atoms with Crippen molar-refractivity contribution in [1.82, 2.24) is 14.7 Å². The van der Waals surface area contributed by atoms with Crippen molar-refractivity contribution in [3.63, 3.8) is 0 Å². The number of nitrogens with zero attached hydrogens (tertiary/aromatic N) is 3. The fraction of sp³-hybridized carbons (Fsp3) is 0.464. The summed E-state index contributed by atoms with van der Waals surface area (Å²) >= 11 is 0. The SMILES string of the molecule is CC(C)OC[C@H](O)CN(Cc1c(C(C)C)nn(-c2ccccc2)c1Oc1ccccc1F)C1CC1. The lowest BCUT2D eigenvalue weighted by atomic mass is 10.1. The van der Waals surface area contributed by atoms with Gasteiger partial charge in [-0.25, -0.2) is 9.07 Å². The summed E-state index contributed by atoms with van der Waals surface area (Å²) in [4.78, 5) is 2.28. The molecule has 1 aliphatic carbocycles. The number of rotatable bonds is 12. The Bertz CT molecular complexity index is 1100. The van der Waals surface area contributed by atoms with E-state index in [0.29, 0.717) is 31.6 Å². The summed E-state index contributed by atoms with van der Waals surface area (Å²) in [6.45, 7) is 9.45. The zero-order valence-electron chi connectivity index (χ0n) is 21.0. The van der Waals surface area contributed by atoms with Gasteiger partial charge in [-0.15, -0.1) is 0 Å². The first-order chi connectivity index (χ1) is 16.8. The molecule has 0 aliphatic heterocycles. The molecule has 6 nitrogen and oxygen atoms in total. The number of hydrogen-bond acceptors (Lipinski definition) is 5. The standard InChI is InChI=1S/C28H36FN3O3/c1-19(2)27-24(17-31(21-14-15-21)16-23(33)18-34-20(3)4)28(35-26-13-9-8-12-25(26)29)32(30-27)22-10-6-5-7-11-22/h5-13,19-21,23,33H,14-18H2,1-4H3/t23-/m1/s1. The number of aromatic nitrogens is 2. The lowest BCUT2D eigenvalue weighted by Crippen LogP contribution is -2.36. The molecule has 4 rings (SSSR count). The molecule has 1 fully saturated rings. The van der Waals surface area contributed by atoms with Crippen molar-refractivity contribution in [3.05, 3.63) is 71.7 Å². The van der Waals surface area contributed by atoms with Crippen LogP contribution in [0.1, 0.15) is 57.7 Å². The molecule has 1 aliphatic rings. The van der Waals surface area contributed by atoms with Crippen molar-refractivity contribution in [3.8, 4) is 17.3 Å². The molecule has 7 heteroatoms. The van der Waals surface area contributed by atoms with Crippen LogP contribution in [0.4, 0.5) is 4.39 Å². The van der Waals surface area contributed by atoms with Crippen molar-refractivity contribution in [2.45, 2.75) is 71.2 Å². The van der Waals surface area contributed by atoms with Crippen LogP contribution in [-0.4, -0.2) is 51.2 Å². The second kappa shape index (κ2) is 11.3. The van der Waals surface area contributed by atoms with Crippen molar-refractivity contribution in [2.24, 2.45) is 0 Å². The number of aliphatic hydroxyl groups is 1. The van der Waals surface area contributed by atoms with E-state index in [2.05, 4.69) is 18.7 Å². The van der Waals surface area contributed by atoms with E-state index in [9.17, 15) is 9.50 Å². The molecule has 0 saturated heterocycles. The topological polar surface area (TPSA) is 59.8 Å². The van der Waals surface area contributed by atoms with Gasteiger partial charge in [0.1, 0.15) is 0 Å². The summed E-state index contributed by atoms with van der Waals surface area (Å²) in [6.07, 6.45) is 1.65. The van der Waals surface area contributed by atoms with Gasteiger partial charge in [0.25, 0.3) is 0 Å². The Hall–Kier alpha value is -2.74. The van der Waals surface area contributed by atoms with E-state index >= 15 is 0 Å². The molecule has 0 amide bonds. The molecular formula is C28H36FN3O3. The van der Waals surface area contributed by atoms with Gasteiger partial charge in [-0.1, -0.05) is 44.2 Å². The largest absolute Gasteiger partial charge is 0.435 e. The highest BCUT2D eigenvalue weighted by Crippen LogP contribution is 2.37. The van der Waals surface area contributed by atoms with Gasteiger partial charge in [0.05, 0.1) is 35.8 Å². The van der Waals surface area contributed by atoms with Crippen LogP contribution < -0.4 is 4.74 Å². The maximum absolute atomic E-state index is 14.6. The quantitative estimate of drug-likeness (QED) is 0.361. The third-order valence-electron chi connectivity index (χ3n) is 6.05. The molecule has 0 spiro atoms. The zero-order chi connectivity index (χ0) is 24.9. The number of para-hydroxylation sites is 2. The second-order valence-corrected chi connectivity index (χ2v) is 9.80. The predicted molar refractivity (Wildman–Crippen MR) is 135 cm³/mol. The number of aliphatic hydroxyl groups excluding tert-OH is 1. The number of halogens is 1. The predicted octanol–water partition coefficient (Wildman–Crippen LogP) is 5.68. The molecule has 35 heavy (non-hydrogen) atoms. The molecule has 0 radical (unpaired) electrons. The molecule has 3 aromatic rings. The van der Waals surface area contributed by atoms with Crippen LogP contribution in [0.2, 0.25) is 0 Å². The van der Waals surface area contributed by atoms with E-state index in [-0.39, 0.29) is 17.8 Å². The van der Waals surface area contributed by atoms with Crippen molar-refractivity contribution < 1.29 is 19.0 Å². The van der Waals surface area contributed by atoms with Gasteiger partial charge in [-0.2, -0.15) is 5.10 Å². The maximum atomic E-state index is 14.6. The van der Waals surface area contributed by atoms with Crippen molar-refractivity contribution >= 4 is 0 Å². The first-order valence-electron chi connectivity index (χ1n) is 12.5. The van der Waals surface area contributed by atoms with Gasteiger partial charge in [0.15, 0.2) is 11.6 Å². The third kappa shape index (κ3) is 6.48. The normalized spacial score (nSPS) is 14.8. The molecule has 1 heterocycles. The molecule has 1 aromatic heterocycles. The molecule has 1 atom stereocenters. The minimum atomic E-state index is -0.597. The minimum Gasteiger partial charge on any atom is -0.435 e.